The molecule has 158 valence electrons. The summed E-state index contributed by atoms with van der Waals surface area (Å²) in [4.78, 5) is 38.1. The van der Waals surface area contributed by atoms with Crippen LogP contribution in [0.4, 0.5) is 4.79 Å². The third-order valence-corrected chi connectivity index (χ3v) is 4.71. The molecule has 0 radical (unpaired) electrons. The van der Waals surface area contributed by atoms with Crippen LogP contribution in [-0.4, -0.2) is 47.4 Å². The molecule has 1 aromatic carbocycles. The Morgan fingerprint density at radius 1 is 1.10 bits per heavy atom. The molecule has 0 aliphatic carbocycles. The molecule has 1 aliphatic rings. The molecule has 1 fully saturated rings. The van der Waals surface area contributed by atoms with Gasteiger partial charge in [0.05, 0.1) is 18.1 Å². The Bertz CT molecular complexity index is 840. The first-order valence-electron chi connectivity index (χ1n) is 9.43. The number of hydrogen-bond donors (Lipinski definition) is 0. The Kier molecular flexibility index (Phi) is 7.35. The summed E-state index contributed by atoms with van der Waals surface area (Å²) in [6.07, 6.45) is 1.63. The molecule has 2 amide bonds. The lowest BCUT2D eigenvalue weighted by molar-refractivity contribution is -0.156. The molecule has 1 saturated heterocycles. The van der Waals surface area contributed by atoms with E-state index in [-0.39, 0.29) is 4.91 Å². The third-order valence-electron chi connectivity index (χ3n) is 3.80. The van der Waals surface area contributed by atoms with E-state index in [9.17, 15) is 14.4 Å². The Labute approximate surface area is 175 Å². The maximum atomic E-state index is 12.7. The SMILES string of the molecule is CCOc1cc(C)c(C=C2SC(=O)N(CC(=O)OC(C)(C)C)C2=O)cc1OCC. The van der Waals surface area contributed by atoms with E-state index in [1.165, 1.54) is 0 Å². The summed E-state index contributed by atoms with van der Waals surface area (Å²) in [6, 6.07) is 3.62. The Balaban J connectivity index is 2.26. The third kappa shape index (κ3) is 6.00. The molecule has 1 aromatic rings. The number of benzene rings is 1. The van der Waals surface area contributed by atoms with Crippen molar-refractivity contribution in [3.8, 4) is 11.5 Å². The molecule has 0 spiro atoms. The van der Waals surface area contributed by atoms with E-state index in [4.69, 9.17) is 14.2 Å². The number of ether oxygens (including phenoxy) is 3. The van der Waals surface area contributed by atoms with Gasteiger partial charge in [0, 0.05) is 0 Å². The summed E-state index contributed by atoms with van der Waals surface area (Å²) in [7, 11) is 0. The summed E-state index contributed by atoms with van der Waals surface area (Å²) in [5.41, 5.74) is 0.916. The molecule has 7 nitrogen and oxygen atoms in total. The van der Waals surface area contributed by atoms with Crippen LogP contribution in [-0.2, 0) is 14.3 Å². The average Bonchev–Trinajstić information content (AvgIpc) is 2.85. The number of nitrogens with zero attached hydrogens (tertiary/aromatic N) is 1. The minimum atomic E-state index is -0.691. The minimum Gasteiger partial charge on any atom is -0.490 e. The molecule has 0 aromatic heterocycles. The molecule has 8 heteroatoms. The fourth-order valence-electron chi connectivity index (χ4n) is 2.65. The predicted molar refractivity (Wildman–Crippen MR) is 112 cm³/mol. The first kappa shape index (κ1) is 22.8. The average molecular weight is 422 g/mol. The number of imide groups is 1. The first-order chi connectivity index (χ1) is 13.6. The molecule has 0 saturated carbocycles. The Morgan fingerprint density at radius 2 is 1.69 bits per heavy atom. The summed E-state index contributed by atoms with van der Waals surface area (Å²) >= 11 is 0.798. The van der Waals surface area contributed by atoms with E-state index < -0.39 is 29.3 Å². The number of amides is 2. The fourth-order valence-corrected chi connectivity index (χ4v) is 3.48. The van der Waals surface area contributed by atoms with Gasteiger partial charge in [0.2, 0.25) is 0 Å². The van der Waals surface area contributed by atoms with Crippen LogP contribution in [0.3, 0.4) is 0 Å². The van der Waals surface area contributed by atoms with Crippen LogP contribution in [0.1, 0.15) is 45.7 Å². The van der Waals surface area contributed by atoms with Crippen molar-refractivity contribution >= 4 is 35.0 Å². The van der Waals surface area contributed by atoms with Gasteiger partial charge >= 0.3 is 5.97 Å². The molecule has 0 bridgehead atoms. The monoisotopic (exact) mass is 421 g/mol. The molecule has 0 N–H and O–H groups in total. The van der Waals surface area contributed by atoms with Crippen molar-refractivity contribution in [2.75, 3.05) is 19.8 Å². The molecule has 1 aliphatic heterocycles. The van der Waals surface area contributed by atoms with Crippen molar-refractivity contribution < 1.29 is 28.6 Å². The summed E-state index contributed by atoms with van der Waals surface area (Å²) < 4.78 is 16.4. The highest BCUT2D eigenvalue weighted by Crippen LogP contribution is 2.36. The van der Waals surface area contributed by atoms with Crippen molar-refractivity contribution in [2.24, 2.45) is 0 Å². The molecular formula is C21H27NO6S. The number of thioether (sulfide) groups is 1. The molecule has 0 atom stereocenters. The van der Waals surface area contributed by atoms with Crippen molar-refractivity contribution in [3.05, 3.63) is 28.2 Å². The number of rotatable bonds is 7. The standard InChI is InChI=1S/C21H27NO6S/c1-7-26-15-9-13(3)14(10-16(15)27-8-2)11-17-19(24)22(20(25)29-17)12-18(23)28-21(4,5)6/h9-11H,7-8,12H2,1-6H3. The Morgan fingerprint density at radius 3 is 2.24 bits per heavy atom. The summed E-state index contributed by atoms with van der Waals surface area (Å²) in [5, 5.41) is -0.499. The number of hydrogen-bond acceptors (Lipinski definition) is 7. The van der Waals surface area contributed by atoms with Crippen LogP contribution >= 0.6 is 11.8 Å². The lowest BCUT2D eigenvalue weighted by Crippen LogP contribution is -2.37. The van der Waals surface area contributed by atoms with Crippen LogP contribution in [0.2, 0.25) is 0 Å². The van der Waals surface area contributed by atoms with Crippen molar-refractivity contribution in [1.82, 2.24) is 4.90 Å². The highest BCUT2D eigenvalue weighted by Gasteiger charge is 2.37. The van der Waals surface area contributed by atoms with E-state index in [2.05, 4.69) is 0 Å². The zero-order chi connectivity index (χ0) is 21.8. The lowest BCUT2D eigenvalue weighted by atomic mass is 10.1. The van der Waals surface area contributed by atoms with Gasteiger partial charge in [-0.25, -0.2) is 0 Å². The molecule has 1 heterocycles. The van der Waals surface area contributed by atoms with Gasteiger partial charge in [-0.2, -0.15) is 0 Å². The zero-order valence-electron chi connectivity index (χ0n) is 17.7. The second-order valence-corrected chi connectivity index (χ2v) is 8.37. The lowest BCUT2D eigenvalue weighted by Gasteiger charge is -2.21. The maximum Gasteiger partial charge on any atom is 0.326 e. The van der Waals surface area contributed by atoms with Gasteiger partial charge in [-0.05, 0) is 82.6 Å². The highest BCUT2D eigenvalue weighted by molar-refractivity contribution is 8.18. The second kappa shape index (κ2) is 9.35. The fraction of sp³-hybridized carbons (Fsp3) is 0.476. The molecule has 2 rings (SSSR count). The maximum absolute atomic E-state index is 12.7. The highest BCUT2D eigenvalue weighted by atomic mass is 32.2. The van der Waals surface area contributed by atoms with Crippen LogP contribution in [0.5, 0.6) is 11.5 Å². The van der Waals surface area contributed by atoms with E-state index in [1.54, 1.807) is 32.9 Å². The van der Waals surface area contributed by atoms with Gasteiger partial charge in [0.25, 0.3) is 11.1 Å². The first-order valence-corrected chi connectivity index (χ1v) is 10.2. The van der Waals surface area contributed by atoms with Crippen LogP contribution in [0.25, 0.3) is 6.08 Å². The van der Waals surface area contributed by atoms with E-state index in [0.717, 1.165) is 27.8 Å². The summed E-state index contributed by atoms with van der Waals surface area (Å²) in [6.45, 7) is 11.4. The normalized spacial score (nSPS) is 15.8. The van der Waals surface area contributed by atoms with E-state index in [0.29, 0.717) is 24.7 Å². The molecular weight excluding hydrogens is 394 g/mol. The molecule has 0 unspecified atom stereocenters. The van der Waals surface area contributed by atoms with Gasteiger partial charge in [0.15, 0.2) is 11.5 Å². The van der Waals surface area contributed by atoms with E-state index >= 15 is 0 Å². The van der Waals surface area contributed by atoms with Gasteiger partial charge in [-0.1, -0.05) is 0 Å². The van der Waals surface area contributed by atoms with Crippen molar-refractivity contribution in [2.45, 2.75) is 47.1 Å². The topological polar surface area (TPSA) is 82.1 Å². The van der Waals surface area contributed by atoms with Gasteiger partial charge in [0.1, 0.15) is 12.1 Å². The van der Waals surface area contributed by atoms with Crippen LogP contribution in [0.15, 0.2) is 17.0 Å². The van der Waals surface area contributed by atoms with Gasteiger partial charge in [-0.3, -0.25) is 19.3 Å². The van der Waals surface area contributed by atoms with Gasteiger partial charge < -0.3 is 14.2 Å². The summed E-state index contributed by atoms with van der Waals surface area (Å²) in [5.74, 6) is 0.0512. The van der Waals surface area contributed by atoms with Crippen molar-refractivity contribution in [3.63, 3.8) is 0 Å². The molecule has 29 heavy (non-hydrogen) atoms. The Hall–Kier alpha value is -2.48. The number of esters is 1. The van der Waals surface area contributed by atoms with Crippen LogP contribution in [0, 0.1) is 6.92 Å². The van der Waals surface area contributed by atoms with Gasteiger partial charge in [-0.15, -0.1) is 0 Å². The minimum absolute atomic E-state index is 0.244. The number of carbonyl (C=O) groups is 3. The second-order valence-electron chi connectivity index (χ2n) is 7.38. The zero-order valence-corrected chi connectivity index (χ0v) is 18.5. The predicted octanol–water partition coefficient (Wildman–Crippen LogP) is 4.17. The van der Waals surface area contributed by atoms with E-state index in [1.807, 2.05) is 26.8 Å². The largest absolute Gasteiger partial charge is 0.490 e. The number of carbonyl (C=O) groups excluding carboxylic acids is 3. The smallest absolute Gasteiger partial charge is 0.326 e. The van der Waals surface area contributed by atoms with Crippen LogP contribution < -0.4 is 9.47 Å². The van der Waals surface area contributed by atoms with Crippen molar-refractivity contribution in [1.29, 1.82) is 0 Å². The quantitative estimate of drug-likeness (QED) is 0.483. The number of aryl methyl sites for hydroxylation is 1.